The van der Waals surface area contributed by atoms with Gasteiger partial charge in [0.1, 0.15) is 0 Å². The third-order valence-corrected chi connectivity index (χ3v) is 3.38. The van der Waals surface area contributed by atoms with Crippen molar-refractivity contribution in [2.75, 3.05) is 0 Å². The Kier molecular flexibility index (Phi) is 2.64. The first-order valence-electron chi connectivity index (χ1n) is 6.12. The number of rotatable bonds is 2. The van der Waals surface area contributed by atoms with Crippen LogP contribution in [0.2, 0.25) is 0 Å². The number of aldehydes is 1. The predicted octanol–water partition coefficient (Wildman–Crippen LogP) is 4.01. The van der Waals surface area contributed by atoms with E-state index in [2.05, 4.69) is 0 Å². The molecule has 19 heavy (non-hydrogen) atoms. The Morgan fingerprint density at radius 2 is 1.47 bits per heavy atom. The molecule has 0 atom stereocenters. The Hall–Kier alpha value is -2.48. The number of fused-ring (bicyclic) bond motifs is 2. The predicted molar refractivity (Wildman–Crippen MR) is 76.8 cm³/mol. The van der Waals surface area contributed by atoms with Crippen LogP contribution in [0.25, 0.3) is 21.5 Å². The fraction of sp³-hybridized carbons (Fsp3) is 0.0588. The first-order valence-corrected chi connectivity index (χ1v) is 6.12. The molecule has 2 nitrogen and oxygen atoms in total. The van der Waals surface area contributed by atoms with Crippen molar-refractivity contribution in [3.05, 3.63) is 59.7 Å². The minimum atomic E-state index is -0.0860. The van der Waals surface area contributed by atoms with Crippen LogP contribution in [-0.2, 0) is 0 Å². The monoisotopic (exact) mass is 248 g/mol. The molecule has 0 fully saturated rings. The molecule has 0 radical (unpaired) electrons. The topological polar surface area (TPSA) is 34.1 Å². The summed E-state index contributed by atoms with van der Waals surface area (Å²) < 4.78 is 0. The lowest BCUT2D eigenvalue weighted by Crippen LogP contribution is -1.98. The molecule has 0 saturated carbocycles. The molecular formula is C17H12O2. The van der Waals surface area contributed by atoms with Crippen LogP contribution in [0.15, 0.2) is 48.5 Å². The highest BCUT2D eigenvalue weighted by Gasteiger charge is 2.09. The summed E-state index contributed by atoms with van der Waals surface area (Å²) in [5, 5.41) is 4.21. The zero-order valence-corrected chi connectivity index (χ0v) is 10.5. The van der Waals surface area contributed by atoms with Gasteiger partial charge in [0.2, 0.25) is 0 Å². The molecule has 0 heterocycles. The van der Waals surface area contributed by atoms with E-state index >= 15 is 0 Å². The highest BCUT2D eigenvalue weighted by atomic mass is 16.1. The van der Waals surface area contributed by atoms with Crippen LogP contribution in [0, 0.1) is 0 Å². The highest BCUT2D eigenvalue weighted by Crippen LogP contribution is 2.25. The average molecular weight is 248 g/mol. The van der Waals surface area contributed by atoms with Crippen LogP contribution < -0.4 is 0 Å². The molecule has 0 amide bonds. The number of hydrogen-bond acceptors (Lipinski definition) is 2. The summed E-state index contributed by atoms with van der Waals surface area (Å²) in [6.07, 6.45) is 0.741. The summed E-state index contributed by atoms with van der Waals surface area (Å²) in [5.41, 5.74) is 0.938. The van der Waals surface area contributed by atoms with E-state index in [4.69, 9.17) is 0 Å². The molecular weight excluding hydrogens is 236 g/mol. The molecule has 0 unspecified atom stereocenters. The largest absolute Gasteiger partial charge is 0.298 e. The summed E-state index contributed by atoms with van der Waals surface area (Å²) >= 11 is 0. The van der Waals surface area contributed by atoms with Gasteiger partial charge in [-0.15, -0.1) is 0 Å². The molecule has 0 spiro atoms. The second-order valence-corrected chi connectivity index (χ2v) is 4.66. The zero-order chi connectivity index (χ0) is 13.4. The number of Topliss-reactive ketones (excluding diaryl/α,β-unsaturated/α-hetero) is 1. The lowest BCUT2D eigenvalue weighted by molar-refractivity contribution is 0.101. The molecule has 0 aliphatic carbocycles. The zero-order valence-electron chi connectivity index (χ0n) is 10.5. The Balaban J connectivity index is 2.41. The lowest BCUT2D eigenvalue weighted by Gasteiger charge is -2.06. The van der Waals surface area contributed by atoms with Crippen molar-refractivity contribution in [2.45, 2.75) is 6.92 Å². The van der Waals surface area contributed by atoms with Gasteiger partial charge < -0.3 is 0 Å². The van der Waals surface area contributed by atoms with E-state index in [0.29, 0.717) is 11.1 Å². The average Bonchev–Trinajstić information content (AvgIpc) is 2.43. The van der Waals surface area contributed by atoms with E-state index in [1.54, 1.807) is 12.1 Å². The number of carbonyl (C=O) groups is 2. The fourth-order valence-corrected chi connectivity index (χ4v) is 2.41. The van der Waals surface area contributed by atoms with Gasteiger partial charge in [0.25, 0.3) is 0 Å². The summed E-state index contributed by atoms with van der Waals surface area (Å²) in [7, 11) is 0. The molecule has 0 aliphatic rings. The minimum Gasteiger partial charge on any atom is -0.298 e. The van der Waals surface area contributed by atoms with E-state index < -0.39 is 0 Å². The number of carbonyl (C=O) groups excluding carboxylic acids is 2. The maximum absolute atomic E-state index is 11.6. The quantitative estimate of drug-likeness (QED) is 0.390. The van der Waals surface area contributed by atoms with Crippen LogP contribution in [0.3, 0.4) is 0 Å². The standard InChI is InChI=1S/C17H12O2/c1-11(19)17-9-15-7-13-5-3-2-4-12(13)6-14(15)8-16(17)10-18/h2-10H,1H3. The summed E-state index contributed by atoms with van der Waals surface area (Å²) in [6, 6.07) is 15.7. The van der Waals surface area contributed by atoms with E-state index in [1.165, 1.54) is 6.92 Å². The summed E-state index contributed by atoms with van der Waals surface area (Å²) in [6.45, 7) is 1.48. The van der Waals surface area contributed by atoms with E-state index in [1.807, 2.05) is 36.4 Å². The van der Waals surface area contributed by atoms with Gasteiger partial charge in [-0.2, -0.15) is 0 Å². The molecule has 3 rings (SSSR count). The highest BCUT2D eigenvalue weighted by molar-refractivity contribution is 6.08. The van der Waals surface area contributed by atoms with Crippen molar-refractivity contribution in [1.29, 1.82) is 0 Å². The van der Waals surface area contributed by atoms with Crippen LogP contribution in [0.1, 0.15) is 27.6 Å². The van der Waals surface area contributed by atoms with Crippen LogP contribution >= 0.6 is 0 Å². The molecule has 3 aromatic rings. The van der Waals surface area contributed by atoms with E-state index in [9.17, 15) is 9.59 Å². The second kappa shape index (κ2) is 4.32. The van der Waals surface area contributed by atoms with Crippen molar-refractivity contribution in [1.82, 2.24) is 0 Å². The Morgan fingerprint density at radius 3 is 2.00 bits per heavy atom. The Morgan fingerprint density at radius 1 is 0.895 bits per heavy atom. The van der Waals surface area contributed by atoms with Crippen molar-refractivity contribution in [2.24, 2.45) is 0 Å². The third kappa shape index (κ3) is 1.91. The Bertz CT molecular complexity index is 816. The van der Waals surface area contributed by atoms with Crippen molar-refractivity contribution in [3.63, 3.8) is 0 Å². The van der Waals surface area contributed by atoms with Gasteiger partial charge in [-0.3, -0.25) is 9.59 Å². The number of benzene rings is 3. The van der Waals surface area contributed by atoms with Gasteiger partial charge in [-0.1, -0.05) is 24.3 Å². The van der Waals surface area contributed by atoms with Crippen molar-refractivity contribution < 1.29 is 9.59 Å². The third-order valence-electron chi connectivity index (χ3n) is 3.38. The second-order valence-electron chi connectivity index (χ2n) is 4.66. The normalized spacial score (nSPS) is 10.8. The maximum Gasteiger partial charge on any atom is 0.160 e. The van der Waals surface area contributed by atoms with E-state index in [-0.39, 0.29) is 5.78 Å². The van der Waals surface area contributed by atoms with Gasteiger partial charge in [0.15, 0.2) is 12.1 Å². The first kappa shape index (κ1) is 11.6. The number of ketones is 1. The molecule has 3 aromatic carbocycles. The van der Waals surface area contributed by atoms with Gasteiger partial charge in [0, 0.05) is 11.1 Å². The molecule has 0 N–H and O–H groups in total. The summed E-state index contributed by atoms with van der Waals surface area (Å²) in [5.74, 6) is -0.0860. The van der Waals surface area contributed by atoms with Crippen molar-refractivity contribution >= 4 is 33.6 Å². The van der Waals surface area contributed by atoms with Gasteiger partial charge in [-0.25, -0.2) is 0 Å². The summed E-state index contributed by atoms with van der Waals surface area (Å²) in [4.78, 5) is 22.7. The maximum atomic E-state index is 11.6. The van der Waals surface area contributed by atoms with Crippen molar-refractivity contribution in [3.8, 4) is 0 Å². The van der Waals surface area contributed by atoms with Crippen LogP contribution in [0.4, 0.5) is 0 Å². The first-order chi connectivity index (χ1) is 9.19. The molecule has 0 saturated heterocycles. The lowest BCUT2D eigenvalue weighted by atomic mass is 9.97. The number of hydrogen-bond donors (Lipinski definition) is 0. The van der Waals surface area contributed by atoms with Gasteiger partial charge >= 0.3 is 0 Å². The SMILES string of the molecule is CC(=O)c1cc2cc3ccccc3cc2cc1C=O. The minimum absolute atomic E-state index is 0.0860. The van der Waals surface area contributed by atoms with E-state index in [0.717, 1.165) is 27.8 Å². The molecule has 0 bridgehead atoms. The molecule has 2 heteroatoms. The smallest absolute Gasteiger partial charge is 0.160 e. The van der Waals surface area contributed by atoms with Crippen LogP contribution in [0.5, 0.6) is 0 Å². The fourth-order valence-electron chi connectivity index (χ4n) is 2.41. The Labute approximate surface area is 110 Å². The van der Waals surface area contributed by atoms with Gasteiger partial charge in [0.05, 0.1) is 0 Å². The molecule has 0 aliphatic heterocycles. The molecule has 92 valence electrons. The van der Waals surface area contributed by atoms with Crippen LogP contribution in [-0.4, -0.2) is 12.1 Å². The van der Waals surface area contributed by atoms with Gasteiger partial charge in [-0.05, 0) is 52.7 Å². The molecule has 0 aromatic heterocycles.